The Morgan fingerprint density at radius 2 is 1.91 bits per heavy atom. The first-order valence-corrected chi connectivity index (χ1v) is 7.33. The summed E-state index contributed by atoms with van der Waals surface area (Å²) in [6.07, 6.45) is -0.683. The van der Waals surface area contributed by atoms with Gasteiger partial charge in [0.05, 0.1) is 23.9 Å². The number of amides is 1. The van der Waals surface area contributed by atoms with Crippen molar-refractivity contribution in [1.29, 1.82) is 5.26 Å². The second kappa shape index (κ2) is 7.85. The number of carbonyl (C=O) groups excluding carboxylic acids is 1. The summed E-state index contributed by atoms with van der Waals surface area (Å²) in [6, 6.07) is 15.9. The van der Waals surface area contributed by atoms with E-state index in [1.54, 1.807) is 43.3 Å². The van der Waals surface area contributed by atoms with Gasteiger partial charge in [0.1, 0.15) is 11.5 Å². The number of para-hydroxylation sites is 2. The second-order valence-electron chi connectivity index (χ2n) is 4.81. The van der Waals surface area contributed by atoms with E-state index in [2.05, 4.69) is 5.32 Å². The maximum Gasteiger partial charge on any atom is 0.265 e. The van der Waals surface area contributed by atoms with Crippen LogP contribution in [-0.2, 0) is 4.79 Å². The fourth-order valence-corrected chi connectivity index (χ4v) is 1.95. The van der Waals surface area contributed by atoms with Crippen molar-refractivity contribution in [1.82, 2.24) is 0 Å². The lowest BCUT2D eigenvalue weighted by molar-refractivity contribution is -0.122. The number of rotatable bonds is 6. The van der Waals surface area contributed by atoms with E-state index in [0.717, 1.165) is 0 Å². The molecule has 1 unspecified atom stereocenters. The molecule has 5 nitrogen and oxygen atoms in total. The third-order valence-corrected chi connectivity index (χ3v) is 3.11. The smallest absolute Gasteiger partial charge is 0.265 e. The zero-order valence-electron chi connectivity index (χ0n) is 13.1. The molecule has 0 spiro atoms. The van der Waals surface area contributed by atoms with Crippen molar-refractivity contribution >= 4 is 11.6 Å². The van der Waals surface area contributed by atoms with Crippen molar-refractivity contribution in [2.45, 2.75) is 20.0 Å². The highest BCUT2D eigenvalue weighted by atomic mass is 16.5. The molecule has 0 aromatic heterocycles. The molecule has 2 rings (SSSR count). The van der Waals surface area contributed by atoms with Gasteiger partial charge in [-0.25, -0.2) is 0 Å². The fourth-order valence-electron chi connectivity index (χ4n) is 1.95. The summed E-state index contributed by atoms with van der Waals surface area (Å²) in [4.78, 5) is 12.3. The lowest BCUT2D eigenvalue weighted by atomic mass is 10.2. The van der Waals surface area contributed by atoms with Gasteiger partial charge in [0.25, 0.3) is 5.91 Å². The van der Waals surface area contributed by atoms with Gasteiger partial charge in [-0.2, -0.15) is 5.26 Å². The van der Waals surface area contributed by atoms with Gasteiger partial charge >= 0.3 is 0 Å². The monoisotopic (exact) mass is 310 g/mol. The van der Waals surface area contributed by atoms with Gasteiger partial charge < -0.3 is 14.8 Å². The van der Waals surface area contributed by atoms with Crippen LogP contribution in [0.4, 0.5) is 5.69 Å². The van der Waals surface area contributed by atoms with E-state index >= 15 is 0 Å². The molecular weight excluding hydrogens is 292 g/mol. The molecule has 23 heavy (non-hydrogen) atoms. The van der Waals surface area contributed by atoms with Crippen LogP contribution in [0.2, 0.25) is 0 Å². The predicted octanol–water partition coefficient (Wildman–Crippen LogP) is 3.36. The Bertz CT molecular complexity index is 705. The first kappa shape index (κ1) is 16.4. The summed E-state index contributed by atoms with van der Waals surface area (Å²) in [5.74, 6) is 0.875. The van der Waals surface area contributed by atoms with E-state index in [9.17, 15) is 4.79 Å². The quantitative estimate of drug-likeness (QED) is 0.888. The number of anilines is 1. The Labute approximate surface area is 135 Å². The van der Waals surface area contributed by atoms with Gasteiger partial charge in [-0.15, -0.1) is 0 Å². The number of nitrogens with one attached hydrogen (secondary N) is 1. The molecule has 1 atom stereocenters. The Hall–Kier alpha value is -3.00. The summed E-state index contributed by atoms with van der Waals surface area (Å²) < 4.78 is 11.1. The summed E-state index contributed by atoms with van der Waals surface area (Å²) >= 11 is 0. The number of benzene rings is 2. The summed E-state index contributed by atoms with van der Waals surface area (Å²) in [6.45, 7) is 4.07. The van der Waals surface area contributed by atoms with Crippen LogP contribution >= 0.6 is 0 Å². The van der Waals surface area contributed by atoms with Crippen molar-refractivity contribution in [3.05, 3.63) is 54.1 Å². The Morgan fingerprint density at radius 1 is 1.22 bits per heavy atom. The lowest BCUT2D eigenvalue weighted by Crippen LogP contribution is -2.30. The van der Waals surface area contributed by atoms with E-state index in [1.165, 1.54) is 0 Å². The van der Waals surface area contributed by atoms with Crippen LogP contribution in [0.5, 0.6) is 11.5 Å². The van der Waals surface area contributed by atoms with E-state index in [-0.39, 0.29) is 5.91 Å². The summed E-state index contributed by atoms with van der Waals surface area (Å²) in [5, 5.41) is 11.6. The zero-order valence-corrected chi connectivity index (χ0v) is 13.1. The van der Waals surface area contributed by atoms with Gasteiger partial charge in [0, 0.05) is 0 Å². The minimum Gasteiger partial charge on any atom is -0.492 e. The van der Waals surface area contributed by atoms with Gasteiger partial charge in [-0.05, 0) is 50.2 Å². The van der Waals surface area contributed by atoms with Crippen LogP contribution in [-0.4, -0.2) is 18.6 Å². The standard InChI is InChI=1S/C18H18N2O3/c1-3-22-17-7-5-4-6-16(17)20-18(21)13(2)23-15-10-8-14(12-19)9-11-15/h4-11,13H,3H2,1-2H3,(H,20,21). The van der Waals surface area contributed by atoms with Crippen LogP contribution in [0.25, 0.3) is 0 Å². The Kier molecular flexibility index (Phi) is 5.59. The molecule has 2 aromatic rings. The first-order valence-electron chi connectivity index (χ1n) is 7.33. The average Bonchev–Trinajstić information content (AvgIpc) is 2.57. The van der Waals surface area contributed by atoms with Gasteiger partial charge in [-0.3, -0.25) is 4.79 Å². The van der Waals surface area contributed by atoms with Crippen molar-refractivity contribution in [2.75, 3.05) is 11.9 Å². The minimum absolute atomic E-state index is 0.276. The van der Waals surface area contributed by atoms with E-state index in [0.29, 0.717) is 29.4 Å². The molecule has 0 radical (unpaired) electrons. The molecular formula is C18H18N2O3. The molecule has 0 bridgehead atoms. The topological polar surface area (TPSA) is 71.3 Å². The van der Waals surface area contributed by atoms with E-state index in [4.69, 9.17) is 14.7 Å². The highest BCUT2D eigenvalue weighted by Gasteiger charge is 2.16. The van der Waals surface area contributed by atoms with E-state index < -0.39 is 6.10 Å². The van der Waals surface area contributed by atoms with Gasteiger partial charge in [-0.1, -0.05) is 12.1 Å². The molecule has 5 heteroatoms. The number of carbonyl (C=O) groups is 1. The number of hydrogen-bond acceptors (Lipinski definition) is 4. The fraction of sp³-hybridized carbons (Fsp3) is 0.222. The Morgan fingerprint density at radius 3 is 2.57 bits per heavy atom. The maximum atomic E-state index is 12.3. The van der Waals surface area contributed by atoms with Crippen molar-refractivity contribution in [3.8, 4) is 17.6 Å². The number of hydrogen-bond donors (Lipinski definition) is 1. The second-order valence-corrected chi connectivity index (χ2v) is 4.81. The third kappa shape index (κ3) is 4.48. The zero-order chi connectivity index (χ0) is 16.7. The largest absolute Gasteiger partial charge is 0.492 e. The molecule has 0 saturated heterocycles. The molecule has 1 amide bonds. The molecule has 0 aliphatic carbocycles. The number of nitrogens with zero attached hydrogens (tertiary/aromatic N) is 1. The van der Waals surface area contributed by atoms with Crippen LogP contribution in [0.3, 0.4) is 0 Å². The first-order chi connectivity index (χ1) is 11.1. The molecule has 2 aromatic carbocycles. The maximum absolute atomic E-state index is 12.3. The summed E-state index contributed by atoms with van der Waals surface area (Å²) in [7, 11) is 0. The van der Waals surface area contributed by atoms with Crippen LogP contribution in [0, 0.1) is 11.3 Å². The van der Waals surface area contributed by atoms with Crippen LogP contribution in [0.1, 0.15) is 19.4 Å². The van der Waals surface area contributed by atoms with Crippen LogP contribution in [0.15, 0.2) is 48.5 Å². The molecule has 0 aliphatic rings. The van der Waals surface area contributed by atoms with Crippen molar-refractivity contribution in [3.63, 3.8) is 0 Å². The van der Waals surface area contributed by atoms with Gasteiger partial charge in [0.15, 0.2) is 6.10 Å². The molecule has 0 heterocycles. The lowest BCUT2D eigenvalue weighted by Gasteiger charge is -2.16. The predicted molar refractivity (Wildman–Crippen MR) is 87.5 cm³/mol. The molecule has 0 aliphatic heterocycles. The molecule has 0 fully saturated rings. The number of ether oxygens (including phenoxy) is 2. The highest BCUT2D eigenvalue weighted by molar-refractivity contribution is 5.95. The number of nitriles is 1. The normalized spacial score (nSPS) is 11.2. The minimum atomic E-state index is -0.683. The molecule has 118 valence electrons. The van der Waals surface area contributed by atoms with Crippen LogP contribution < -0.4 is 14.8 Å². The highest BCUT2D eigenvalue weighted by Crippen LogP contribution is 2.24. The van der Waals surface area contributed by atoms with E-state index in [1.807, 2.05) is 25.1 Å². The van der Waals surface area contributed by atoms with Gasteiger partial charge in [0.2, 0.25) is 0 Å². The van der Waals surface area contributed by atoms with Crippen molar-refractivity contribution in [2.24, 2.45) is 0 Å². The van der Waals surface area contributed by atoms with Crippen molar-refractivity contribution < 1.29 is 14.3 Å². The Balaban J connectivity index is 2.01. The molecule has 0 saturated carbocycles. The average molecular weight is 310 g/mol. The third-order valence-electron chi connectivity index (χ3n) is 3.11. The summed E-state index contributed by atoms with van der Waals surface area (Å²) in [5.41, 5.74) is 1.15. The SMILES string of the molecule is CCOc1ccccc1NC(=O)C(C)Oc1ccc(C#N)cc1. The molecule has 1 N–H and O–H groups in total.